The average Bonchev–Trinajstić information content (AvgIpc) is 3.39. The van der Waals surface area contributed by atoms with Crippen LogP contribution in [-0.2, 0) is 51.1 Å². The van der Waals surface area contributed by atoms with Gasteiger partial charge in [0.05, 0.1) is 57.8 Å². The number of hydrogen-bond acceptors (Lipinski definition) is 16. The maximum absolute atomic E-state index is 11.1. The lowest BCUT2D eigenvalue weighted by Gasteiger charge is -2.29. The van der Waals surface area contributed by atoms with Gasteiger partial charge in [-0.1, -0.05) is 52.3 Å². The van der Waals surface area contributed by atoms with Gasteiger partial charge in [-0.15, -0.1) is 0 Å². The number of hydrogen-bond donors (Lipinski definition) is 5. The topological polar surface area (TPSA) is 206 Å². The summed E-state index contributed by atoms with van der Waals surface area (Å²) in [5, 5.41) is 44.8. The SMILES string of the molecule is OC(CNCc1ccccn1)CN(Cc1ccccn1)Cc1ccccn1.Oc1cccnc1CBr.Oc1cccnc1CN(Cc1ccccn1)CC(O)CN(Cc1ccccn1)Cc1ccccn1. The lowest BCUT2D eigenvalue weighted by atomic mass is 10.2. The largest absolute Gasteiger partial charge is 0.506 e. The second-order valence-electron chi connectivity index (χ2n) is 16.4. The summed E-state index contributed by atoms with van der Waals surface area (Å²) in [5.41, 5.74) is 6.90. The van der Waals surface area contributed by atoms with Crippen LogP contribution in [0.4, 0.5) is 0 Å². The van der Waals surface area contributed by atoms with E-state index in [-0.39, 0.29) is 11.5 Å². The van der Waals surface area contributed by atoms with E-state index in [1.165, 1.54) is 0 Å². The molecule has 0 aliphatic carbocycles. The highest BCUT2D eigenvalue weighted by Gasteiger charge is 2.20. The number of aliphatic hydroxyl groups excluding tert-OH is 2. The van der Waals surface area contributed by atoms with Crippen LogP contribution in [0.2, 0.25) is 0 Å². The molecule has 0 aliphatic rings. The van der Waals surface area contributed by atoms with Crippen LogP contribution >= 0.6 is 15.9 Å². The smallest absolute Gasteiger partial charge is 0.138 e. The van der Waals surface area contributed by atoms with Gasteiger partial charge in [0.1, 0.15) is 11.5 Å². The Morgan fingerprint density at radius 1 is 0.380 bits per heavy atom. The van der Waals surface area contributed by atoms with E-state index in [0.29, 0.717) is 88.7 Å². The normalized spacial score (nSPS) is 11.9. The zero-order valence-corrected chi connectivity index (χ0v) is 41.1. The maximum Gasteiger partial charge on any atom is 0.138 e. The van der Waals surface area contributed by atoms with Crippen LogP contribution in [0.25, 0.3) is 0 Å². The van der Waals surface area contributed by atoms with Gasteiger partial charge in [-0.3, -0.25) is 54.6 Å². The van der Waals surface area contributed by atoms with E-state index < -0.39 is 12.2 Å². The number of nitrogens with one attached hydrogen (secondary N) is 1. The zero-order chi connectivity index (χ0) is 49.7. The van der Waals surface area contributed by atoms with Crippen molar-refractivity contribution >= 4 is 15.9 Å². The predicted octanol–water partition coefficient (Wildman–Crippen LogP) is 6.74. The van der Waals surface area contributed by atoms with E-state index in [0.717, 1.165) is 34.2 Å². The lowest BCUT2D eigenvalue weighted by Crippen LogP contribution is -2.40. The van der Waals surface area contributed by atoms with Crippen molar-refractivity contribution in [2.45, 2.75) is 63.4 Å². The molecule has 17 heteroatoms. The van der Waals surface area contributed by atoms with E-state index in [9.17, 15) is 15.3 Å². The van der Waals surface area contributed by atoms with Gasteiger partial charge in [0.15, 0.2) is 0 Å². The van der Waals surface area contributed by atoms with Crippen molar-refractivity contribution < 1.29 is 20.4 Å². The molecule has 0 saturated heterocycles. The van der Waals surface area contributed by atoms with Crippen molar-refractivity contribution in [3.63, 3.8) is 0 Å². The van der Waals surface area contributed by atoms with E-state index in [4.69, 9.17) is 5.11 Å². The first-order chi connectivity index (χ1) is 34.8. The predicted molar refractivity (Wildman–Crippen MR) is 276 cm³/mol. The second kappa shape index (κ2) is 30.6. The molecule has 0 amide bonds. The number of aromatic nitrogens is 8. The molecular formula is C54H61BrN12O4. The van der Waals surface area contributed by atoms with Crippen LogP contribution in [0.3, 0.4) is 0 Å². The van der Waals surface area contributed by atoms with E-state index in [1.54, 1.807) is 73.8 Å². The second-order valence-corrected chi connectivity index (χ2v) is 17.0. The lowest BCUT2D eigenvalue weighted by molar-refractivity contribution is 0.0612. The molecular weight excluding hydrogens is 961 g/mol. The number of nitrogens with zero attached hydrogens (tertiary/aromatic N) is 11. The van der Waals surface area contributed by atoms with Crippen LogP contribution in [-0.4, -0.2) is 113 Å². The Morgan fingerprint density at radius 2 is 0.704 bits per heavy atom. The van der Waals surface area contributed by atoms with Gasteiger partial charge >= 0.3 is 0 Å². The highest BCUT2D eigenvalue weighted by Crippen LogP contribution is 2.18. The third-order valence-corrected chi connectivity index (χ3v) is 11.1. The molecule has 71 heavy (non-hydrogen) atoms. The molecule has 0 aliphatic heterocycles. The van der Waals surface area contributed by atoms with Crippen molar-refractivity contribution in [2.24, 2.45) is 0 Å². The summed E-state index contributed by atoms with van der Waals surface area (Å²) >= 11 is 3.19. The summed E-state index contributed by atoms with van der Waals surface area (Å²) in [6, 6.07) is 41.7. The summed E-state index contributed by atoms with van der Waals surface area (Å²) in [6.45, 7) is 5.90. The Bertz CT molecular complexity index is 2560. The van der Waals surface area contributed by atoms with E-state index >= 15 is 0 Å². The molecule has 0 bridgehead atoms. The molecule has 0 saturated carbocycles. The summed E-state index contributed by atoms with van der Waals surface area (Å²) in [4.78, 5) is 41.0. The van der Waals surface area contributed by atoms with Crippen LogP contribution in [0.1, 0.15) is 45.6 Å². The Balaban J connectivity index is 0.000000202. The molecule has 368 valence electrons. The molecule has 8 heterocycles. The first-order valence-corrected chi connectivity index (χ1v) is 24.4. The minimum absolute atomic E-state index is 0.139. The van der Waals surface area contributed by atoms with Crippen molar-refractivity contribution in [1.29, 1.82) is 0 Å². The number of alkyl halides is 1. The fourth-order valence-corrected chi connectivity index (χ4v) is 7.77. The van der Waals surface area contributed by atoms with Crippen molar-refractivity contribution in [3.8, 4) is 11.5 Å². The number of pyridine rings is 8. The van der Waals surface area contributed by atoms with Gasteiger partial charge in [0, 0.05) is 127 Å². The van der Waals surface area contributed by atoms with Crippen LogP contribution in [0, 0.1) is 0 Å². The van der Waals surface area contributed by atoms with Crippen molar-refractivity contribution in [3.05, 3.63) is 229 Å². The van der Waals surface area contributed by atoms with Crippen LogP contribution in [0.15, 0.2) is 183 Å². The van der Waals surface area contributed by atoms with Gasteiger partial charge in [-0.2, -0.15) is 0 Å². The standard InChI is InChI=1S/C27H30N6O2.C21H25N5O.C6H6BrNO/c34-25(19-32(16-22-8-1-4-12-28-22)17-23-9-2-5-13-29-23)20-33(18-24-10-3-6-14-30-24)21-26-27(35)11-7-15-31-26;27-21(14-22-13-18-7-1-4-10-23-18)17-26(15-19-8-2-5-11-24-19)16-20-9-3-6-12-25-20;7-4-5-6(9)2-1-3-8-5/h1-15,25,34-35H,16-21H2;1-12,21-22,27H,13-17H2;1-3,9H,4H2. The van der Waals surface area contributed by atoms with Crippen LogP contribution < -0.4 is 5.32 Å². The molecule has 2 unspecified atom stereocenters. The molecule has 0 spiro atoms. The fraction of sp³-hybridized carbons (Fsp3) is 0.259. The van der Waals surface area contributed by atoms with Gasteiger partial charge in [-0.05, 0) is 97.1 Å². The van der Waals surface area contributed by atoms with Gasteiger partial charge in [-0.25, -0.2) is 0 Å². The molecule has 8 rings (SSSR count). The van der Waals surface area contributed by atoms with Gasteiger partial charge < -0.3 is 25.7 Å². The fourth-order valence-electron chi connectivity index (χ4n) is 7.34. The summed E-state index contributed by atoms with van der Waals surface area (Å²) < 4.78 is 0. The summed E-state index contributed by atoms with van der Waals surface area (Å²) in [6.07, 6.45) is 12.8. The first kappa shape index (κ1) is 53.4. The highest BCUT2D eigenvalue weighted by molar-refractivity contribution is 9.08. The third kappa shape index (κ3) is 20.5. The first-order valence-electron chi connectivity index (χ1n) is 23.2. The molecule has 0 radical (unpaired) electrons. The Labute approximate surface area is 424 Å². The number of aromatic hydroxyl groups is 2. The monoisotopic (exact) mass is 1020 g/mol. The average molecular weight is 1020 g/mol. The number of rotatable bonds is 23. The minimum atomic E-state index is -0.656. The summed E-state index contributed by atoms with van der Waals surface area (Å²) in [7, 11) is 0. The molecule has 0 aromatic carbocycles. The van der Waals surface area contributed by atoms with Crippen molar-refractivity contribution in [2.75, 3.05) is 26.2 Å². The zero-order valence-electron chi connectivity index (χ0n) is 39.5. The van der Waals surface area contributed by atoms with E-state index in [2.05, 4.69) is 75.8 Å². The molecule has 0 fully saturated rings. The number of aliphatic hydroxyl groups is 2. The molecule has 8 aromatic rings. The Kier molecular flexibility index (Phi) is 23.0. The molecule has 5 N–H and O–H groups in total. The summed E-state index contributed by atoms with van der Waals surface area (Å²) in [5.74, 6) is 0.384. The Morgan fingerprint density at radius 3 is 1.03 bits per heavy atom. The minimum Gasteiger partial charge on any atom is -0.506 e. The molecule has 2 atom stereocenters. The molecule has 8 aromatic heterocycles. The number of halogens is 1. The van der Waals surface area contributed by atoms with Gasteiger partial charge in [0.2, 0.25) is 0 Å². The molecule has 16 nitrogen and oxygen atoms in total. The van der Waals surface area contributed by atoms with Crippen LogP contribution in [0.5, 0.6) is 11.5 Å². The van der Waals surface area contributed by atoms with Crippen molar-refractivity contribution in [1.82, 2.24) is 59.9 Å². The third-order valence-electron chi connectivity index (χ3n) is 10.6. The highest BCUT2D eigenvalue weighted by atomic mass is 79.9. The Hall–Kier alpha value is -6.96. The quantitative estimate of drug-likeness (QED) is 0.0421. The maximum atomic E-state index is 11.1. The van der Waals surface area contributed by atoms with Gasteiger partial charge in [0.25, 0.3) is 0 Å². The van der Waals surface area contributed by atoms with E-state index in [1.807, 2.05) is 109 Å².